The fourth-order valence-electron chi connectivity index (χ4n) is 4.08. The quantitative estimate of drug-likeness (QED) is 0.170. The number of allylic oxidation sites excluding steroid dienone is 2. The fraction of sp³-hybridized carbons (Fsp3) is 0.864. The van der Waals surface area contributed by atoms with Crippen molar-refractivity contribution in [3.63, 3.8) is 0 Å². The molecule has 4 N–H and O–H groups in total. The van der Waals surface area contributed by atoms with Gasteiger partial charge < -0.3 is 20.4 Å². The lowest BCUT2D eigenvalue weighted by atomic mass is 9.89. The number of hydrogen-bond acceptors (Lipinski definition) is 5. The van der Waals surface area contributed by atoms with Crippen molar-refractivity contribution in [3.05, 3.63) is 12.2 Å². The third-order valence-corrected chi connectivity index (χ3v) is 7.07. The van der Waals surface area contributed by atoms with E-state index in [-0.39, 0.29) is 18.8 Å². The summed E-state index contributed by atoms with van der Waals surface area (Å²) in [6, 6.07) is 0. The molecule has 1 aliphatic rings. The molecule has 5 nitrogen and oxygen atoms in total. The number of hydrogen-bond donors (Lipinski definition) is 4. The number of aliphatic hydroxyl groups excluding tert-OH is 2. The van der Waals surface area contributed by atoms with Crippen LogP contribution in [0, 0.1) is 11.8 Å². The molecule has 0 bridgehead atoms. The van der Waals surface area contributed by atoms with Gasteiger partial charge in [0.2, 0.25) is 4.93 Å². The van der Waals surface area contributed by atoms with Crippen LogP contribution in [-0.2, 0) is 4.79 Å². The molecule has 0 aromatic rings. The van der Waals surface area contributed by atoms with Gasteiger partial charge in [0, 0.05) is 5.75 Å². The van der Waals surface area contributed by atoms with Gasteiger partial charge in [0.05, 0.1) is 6.61 Å². The highest BCUT2D eigenvalue weighted by atomic mass is 32.2. The molecule has 164 valence electrons. The maximum Gasteiger partial charge on any atom is 0.349 e. The van der Waals surface area contributed by atoms with Crippen molar-refractivity contribution in [2.75, 3.05) is 12.4 Å². The van der Waals surface area contributed by atoms with Crippen molar-refractivity contribution >= 4 is 17.7 Å². The molecule has 0 radical (unpaired) electrons. The molecule has 0 amide bonds. The van der Waals surface area contributed by atoms with Crippen molar-refractivity contribution in [2.24, 2.45) is 11.8 Å². The second-order valence-electron chi connectivity index (χ2n) is 8.01. The summed E-state index contributed by atoms with van der Waals surface area (Å²) in [5, 5.41) is 38.5. The minimum Gasteiger partial charge on any atom is -0.478 e. The number of aliphatic hydroxyl groups is 3. The molecule has 1 rings (SSSR count). The van der Waals surface area contributed by atoms with Crippen molar-refractivity contribution < 1.29 is 25.2 Å². The lowest BCUT2D eigenvalue weighted by Gasteiger charge is -2.28. The Hall–Kier alpha value is -0.560. The summed E-state index contributed by atoms with van der Waals surface area (Å²) in [5.41, 5.74) is 0. The lowest BCUT2D eigenvalue weighted by Crippen LogP contribution is -2.47. The van der Waals surface area contributed by atoms with E-state index in [0.717, 1.165) is 12.8 Å². The van der Waals surface area contributed by atoms with Crippen LogP contribution in [0.5, 0.6) is 0 Å². The van der Waals surface area contributed by atoms with E-state index in [1.807, 2.05) is 0 Å². The summed E-state index contributed by atoms with van der Waals surface area (Å²) < 4.78 is 0. The molecule has 0 aliphatic heterocycles. The average molecular weight is 417 g/mol. The van der Waals surface area contributed by atoms with Crippen LogP contribution in [0.15, 0.2) is 12.2 Å². The van der Waals surface area contributed by atoms with Crippen molar-refractivity contribution in [2.45, 2.75) is 95.0 Å². The second kappa shape index (κ2) is 14.4. The lowest BCUT2D eigenvalue weighted by molar-refractivity contribution is -0.157. The van der Waals surface area contributed by atoms with Gasteiger partial charge in [0.25, 0.3) is 0 Å². The highest BCUT2D eigenvalue weighted by Crippen LogP contribution is 2.37. The van der Waals surface area contributed by atoms with E-state index in [1.165, 1.54) is 51.4 Å². The number of carboxylic acid groups (broad SMARTS) is 1. The zero-order valence-electron chi connectivity index (χ0n) is 17.4. The molecular formula is C22H40O5S. The molecule has 6 heteroatoms. The van der Waals surface area contributed by atoms with Crippen LogP contribution < -0.4 is 0 Å². The van der Waals surface area contributed by atoms with Crippen LogP contribution in [-0.4, -0.2) is 49.8 Å². The molecule has 0 aromatic heterocycles. The van der Waals surface area contributed by atoms with E-state index in [0.29, 0.717) is 30.0 Å². The first-order valence-electron chi connectivity index (χ1n) is 11.0. The van der Waals surface area contributed by atoms with Gasteiger partial charge in [-0.05, 0) is 50.4 Å². The maximum atomic E-state index is 11.3. The Bertz CT molecular complexity index is 456. The van der Waals surface area contributed by atoms with Crippen LogP contribution in [0.2, 0.25) is 0 Å². The maximum absolute atomic E-state index is 11.3. The van der Waals surface area contributed by atoms with E-state index in [1.54, 1.807) is 0 Å². The number of carbonyl (C=O) groups is 1. The normalized spacial score (nSPS) is 23.1. The van der Waals surface area contributed by atoms with E-state index >= 15 is 0 Å². The first-order valence-corrected chi connectivity index (χ1v) is 12.0. The van der Waals surface area contributed by atoms with Crippen LogP contribution in [0.4, 0.5) is 0 Å². The number of thioether (sulfide) groups is 1. The first kappa shape index (κ1) is 25.5. The minimum absolute atomic E-state index is 0.0778. The monoisotopic (exact) mass is 416 g/mol. The Morgan fingerprint density at radius 3 is 2.68 bits per heavy atom. The summed E-state index contributed by atoms with van der Waals surface area (Å²) >= 11 is 0.687. The molecule has 2 unspecified atom stereocenters. The van der Waals surface area contributed by atoms with Crippen molar-refractivity contribution in [3.8, 4) is 0 Å². The van der Waals surface area contributed by atoms with Gasteiger partial charge in [0.1, 0.15) is 6.10 Å². The summed E-state index contributed by atoms with van der Waals surface area (Å²) in [4.78, 5) is 9.08. The van der Waals surface area contributed by atoms with Gasteiger partial charge in [-0.2, -0.15) is 0 Å². The molecule has 0 spiro atoms. The van der Waals surface area contributed by atoms with E-state index in [4.69, 9.17) is 5.11 Å². The number of unbranched alkanes of at least 4 members (excludes halogenated alkanes) is 5. The zero-order chi connectivity index (χ0) is 20.8. The summed E-state index contributed by atoms with van der Waals surface area (Å²) in [6.45, 7) is 2.00. The van der Waals surface area contributed by atoms with Gasteiger partial charge in [-0.3, -0.25) is 0 Å². The molecule has 4 atom stereocenters. The number of aliphatic carboxylic acids is 1. The Morgan fingerprint density at radius 2 is 2.00 bits per heavy atom. The number of carboxylic acids is 1. The Morgan fingerprint density at radius 1 is 1.21 bits per heavy atom. The molecule has 0 heterocycles. The van der Waals surface area contributed by atoms with Gasteiger partial charge in [-0.15, -0.1) is 11.8 Å². The van der Waals surface area contributed by atoms with Gasteiger partial charge >= 0.3 is 5.97 Å². The van der Waals surface area contributed by atoms with E-state index in [2.05, 4.69) is 19.1 Å². The molecule has 28 heavy (non-hydrogen) atoms. The highest BCUT2D eigenvalue weighted by Gasteiger charge is 2.43. The molecule has 1 aliphatic carbocycles. The number of rotatable bonds is 16. The zero-order valence-corrected chi connectivity index (χ0v) is 18.2. The third-order valence-electron chi connectivity index (χ3n) is 5.80. The smallest absolute Gasteiger partial charge is 0.349 e. The van der Waals surface area contributed by atoms with Crippen molar-refractivity contribution in [1.29, 1.82) is 0 Å². The van der Waals surface area contributed by atoms with E-state index < -0.39 is 17.0 Å². The standard InChI is InChI=1S/C22H40O5S/c1-2-3-4-5-6-7-11-18-13-10-14-19(18)12-8-9-15-20(24)22(27,21(25)26)28-17-16-23/h7,11,18-20,23-24,27H,2-6,8-10,12-17H2,1H3,(H,25,26)/t18-,19-,20?,22?/m0/s1. The molecule has 1 fully saturated rings. The van der Waals surface area contributed by atoms with Crippen LogP contribution in [0.25, 0.3) is 0 Å². The van der Waals surface area contributed by atoms with Crippen LogP contribution in [0.1, 0.15) is 84.0 Å². The minimum atomic E-state index is -2.24. The predicted molar refractivity (Wildman–Crippen MR) is 115 cm³/mol. The molecule has 0 saturated heterocycles. The summed E-state index contributed by atoms with van der Waals surface area (Å²) in [6.07, 6.45) is 16.6. The third kappa shape index (κ3) is 8.85. The Balaban J connectivity index is 2.31. The Labute approximate surface area is 174 Å². The van der Waals surface area contributed by atoms with Gasteiger partial charge in [-0.25, -0.2) is 4.79 Å². The van der Waals surface area contributed by atoms with Gasteiger partial charge in [0.15, 0.2) is 0 Å². The molecule has 1 saturated carbocycles. The van der Waals surface area contributed by atoms with Crippen molar-refractivity contribution in [1.82, 2.24) is 0 Å². The largest absolute Gasteiger partial charge is 0.478 e. The first-order chi connectivity index (χ1) is 13.5. The van der Waals surface area contributed by atoms with E-state index in [9.17, 15) is 20.1 Å². The topological polar surface area (TPSA) is 98.0 Å². The Kier molecular flexibility index (Phi) is 13.1. The highest BCUT2D eigenvalue weighted by molar-refractivity contribution is 8.01. The SMILES string of the molecule is CCCCCCC=C[C@H]1CCC[C@@H]1CCCCC(O)C(O)(SCCO)C(=O)O. The summed E-state index contributed by atoms with van der Waals surface area (Å²) in [7, 11) is 0. The fourth-order valence-corrected chi connectivity index (χ4v) is 4.92. The van der Waals surface area contributed by atoms with Crippen LogP contribution >= 0.6 is 11.8 Å². The molecular weight excluding hydrogens is 376 g/mol. The average Bonchev–Trinajstić information content (AvgIpc) is 3.12. The van der Waals surface area contributed by atoms with Crippen LogP contribution in [0.3, 0.4) is 0 Å². The predicted octanol–water partition coefficient (Wildman–Crippen LogP) is 4.35. The molecule has 0 aromatic carbocycles. The second-order valence-corrected chi connectivity index (χ2v) is 9.33. The summed E-state index contributed by atoms with van der Waals surface area (Å²) in [5.74, 6) is -0.0225. The van der Waals surface area contributed by atoms with Gasteiger partial charge in [-0.1, -0.05) is 57.6 Å².